The third kappa shape index (κ3) is 4.09. The normalized spacial score (nSPS) is 13.1. The summed E-state index contributed by atoms with van der Waals surface area (Å²) in [5.41, 5.74) is 1.24. The Labute approximate surface area is 202 Å². The number of nitriles is 1. The first kappa shape index (κ1) is 21.9. The number of aliphatic hydroxyl groups is 1. The van der Waals surface area contributed by atoms with Gasteiger partial charge in [0.05, 0.1) is 39.2 Å². The highest BCUT2D eigenvalue weighted by atomic mass is 32.2. The predicted octanol–water partition coefficient (Wildman–Crippen LogP) is 5.62. The van der Waals surface area contributed by atoms with Gasteiger partial charge in [0.1, 0.15) is 28.2 Å². The molecule has 2 aromatic carbocycles. The van der Waals surface area contributed by atoms with Crippen LogP contribution >= 0.6 is 23.1 Å². The molecule has 0 amide bonds. The largest absolute Gasteiger partial charge is 0.510 e. The fourth-order valence-corrected chi connectivity index (χ4v) is 5.49. The van der Waals surface area contributed by atoms with Crippen LogP contribution in [0.3, 0.4) is 0 Å². The van der Waals surface area contributed by atoms with Gasteiger partial charge in [-0.3, -0.25) is 9.36 Å². The fraction of sp³-hybridized carbons (Fsp3) is 0.120. The monoisotopic (exact) mass is 486 g/mol. The van der Waals surface area contributed by atoms with Gasteiger partial charge in [0.2, 0.25) is 0 Å². The van der Waals surface area contributed by atoms with Crippen molar-refractivity contribution in [1.29, 1.82) is 5.26 Å². The summed E-state index contributed by atoms with van der Waals surface area (Å²) in [5.74, 6) is 0.499. The topological polar surface area (TPSA) is 105 Å². The van der Waals surface area contributed by atoms with Crippen molar-refractivity contribution in [2.45, 2.75) is 23.9 Å². The number of furan rings is 1. The molecule has 3 heterocycles. The van der Waals surface area contributed by atoms with Crippen molar-refractivity contribution in [3.63, 3.8) is 0 Å². The molecule has 5 rings (SSSR count). The van der Waals surface area contributed by atoms with E-state index in [1.165, 1.54) is 27.7 Å². The number of hydrogen-bond acceptors (Lipinski definition) is 8. The van der Waals surface area contributed by atoms with Crippen LogP contribution in [0.25, 0.3) is 26.7 Å². The minimum Gasteiger partial charge on any atom is -0.510 e. The van der Waals surface area contributed by atoms with Crippen molar-refractivity contribution in [2.75, 3.05) is 0 Å². The molecule has 5 aromatic rings. The standard InChI is InChI=1S/C25H18N4O3S2/c1-15(22(30)18(13-26)23-27-20-10-4-5-11-21(20)34-23)33-25-28-19-9-3-2-8-17(19)24(31)29(25)14-16-7-6-12-32-16/h2-12,15,30H,14H2,1H3/b22-18-. The van der Waals surface area contributed by atoms with E-state index in [-0.39, 0.29) is 23.4 Å². The van der Waals surface area contributed by atoms with Crippen LogP contribution < -0.4 is 5.56 Å². The van der Waals surface area contributed by atoms with Gasteiger partial charge in [-0.2, -0.15) is 5.26 Å². The Morgan fingerprint density at radius 2 is 1.91 bits per heavy atom. The van der Waals surface area contributed by atoms with Crippen LogP contribution in [0.15, 0.2) is 87.1 Å². The zero-order valence-electron chi connectivity index (χ0n) is 18.0. The van der Waals surface area contributed by atoms with Crippen molar-refractivity contribution >= 4 is 49.8 Å². The number of para-hydroxylation sites is 2. The molecule has 168 valence electrons. The van der Waals surface area contributed by atoms with E-state index >= 15 is 0 Å². The predicted molar refractivity (Wildman–Crippen MR) is 134 cm³/mol. The Bertz CT molecular complexity index is 1590. The number of fused-ring (bicyclic) bond motifs is 2. The van der Waals surface area contributed by atoms with E-state index in [1.807, 2.05) is 30.3 Å². The third-order valence-corrected chi connectivity index (χ3v) is 7.42. The number of rotatable bonds is 6. The lowest BCUT2D eigenvalue weighted by Crippen LogP contribution is -2.24. The van der Waals surface area contributed by atoms with E-state index in [4.69, 9.17) is 4.42 Å². The van der Waals surface area contributed by atoms with Gasteiger partial charge in [-0.25, -0.2) is 9.97 Å². The van der Waals surface area contributed by atoms with Gasteiger partial charge >= 0.3 is 0 Å². The average molecular weight is 487 g/mol. The number of nitrogens with zero attached hydrogens (tertiary/aromatic N) is 4. The molecular formula is C25H18N4O3S2. The van der Waals surface area contributed by atoms with Crippen LogP contribution in [-0.2, 0) is 6.54 Å². The average Bonchev–Trinajstić information content (AvgIpc) is 3.51. The summed E-state index contributed by atoms with van der Waals surface area (Å²) in [6, 6.07) is 20.4. The number of allylic oxidation sites excluding steroid dienone is 1. The van der Waals surface area contributed by atoms with Crippen LogP contribution in [0, 0.1) is 11.3 Å². The maximum atomic E-state index is 13.3. The van der Waals surface area contributed by atoms with Crippen molar-refractivity contribution in [3.8, 4) is 6.07 Å². The molecule has 0 saturated carbocycles. The van der Waals surface area contributed by atoms with Crippen LogP contribution in [0.2, 0.25) is 0 Å². The van der Waals surface area contributed by atoms with Crippen LogP contribution in [0.4, 0.5) is 0 Å². The molecular weight excluding hydrogens is 468 g/mol. The fourth-order valence-electron chi connectivity index (χ4n) is 3.55. The number of aliphatic hydroxyl groups excluding tert-OH is 1. The molecule has 9 heteroatoms. The van der Waals surface area contributed by atoms with E-state index in [0.29, 0.717) is 26.8 Å². The van der Waals surface area contributed by atoms with E-state index in [2.05, 4.69) is 16.0 Å². The Morgan fingerprint density at radius 3 is 2.65 bits per heavy atom. The maximum absolute atomic E-state index is 13.3. The zero-order valence-corrected chi connectivity index (χ0v) is 19.6. The molecule has 1 atom stereocenters. The minimum absolute atomic E-state index is 0.112. The van der Waals surface area contributed by atoms with Gasteiger partial charge in [-0.05, 0) is 43.3 Å². The summed E-state index contributed by atoms with van der Waals surface area (Å²) in [4.78, 5) is 22.5. The molecule has 0 spiro atoms. The van der Waals surface area contributed by atoms with Gasteiger partial charge in [0.15, 0.2) is 5.16 Å². The molecule has 1 N–H and O–H groups in total. The summed E-state index contributed by atoms with van der Waals surface area (Å²) in [7, 11) is 0. The lowest BCUT2D eigenvalue weighted by Gasteiger charge is -2.16. The van der Waals surface area contributed by atoms with Crippen molar-refractivity contribution in [2.24, 2.45) is 0 Å². The lowest BCUT2D eigenvalue weighted by molar-refractivity contribution is 0.401. The molecule has 0 aliphatic carbocycles. The van der Waals surface area contributed by atoms with Gasteiger partial charge in [0, 0.05) is 0 Å². The lowest BCUT2D eigenvalue weighted by atomic mass is 10.2. The molecule has 34 heavy (non-hydrogen) atoms. The Balaban J connectivity index is 1.56. The van der Waals surface area contributed by atoms with Crippen LogP contribution in [-0.4, -0.2) is 24.9 Å². The number of thioether (sulfide) groups is 1. The van der Waals surface area contributed by atoms with E-state index in [0.717, 1.165) is 10.2 Å². The molecule has 7 nitrogen and oxygen atoms in total. The Hall–Kier alpha value is -3.87. The molecule has 3 aromatic heterocycles. The quantitative estimate of drug-likeness (QED) is 0.144. The molecule has 0 bridgehead atoms. The summed E-state index contributed by atoms with van der Waals surface area (Å²) in [5, 5.41) is 21.6. The van der Waals surface area contributed by atoms with Crippen molar-refractivity contribution < 1.29 is 9.52 Å². The first-order valence-electron chi connectivity index (χ1n) is 10.4. The Kier molecular flexibility index (Phi) is 5.92. The highest BCUT2D eigenvalue weighted by molar-refractivity contribution is 7.99. The second-order valence-corrected chi connectivity index (χ2v) is 9.84. The smallest absolute Gasteiger partial charge is 0.262 e. The van der Waals surface area contributed by atoms with E-state index < -0.39 is 5.25 Å². The number of benzene rings is 2. The van der Waals surface area contributed by atoms with Gasteiger partial charge < -0.3 is 9.52 Å². The molecule has 1 unspecified atom stereocenters. The molecule has 0 radical (unpaired) electrons. The van der Waals surface area contributed by atoms with Crippen LogP contribution in [0.5, 0.6) is 0 Å². The summed E-state index contributed by atoms with van der Waals surface area (Å²) >= 11 is 2.55. The number of thiazole rings is 1. The molecule has 0 saturated heterocycles. The molecule has 0 aliphatic rings. The second kappa shape index (κ2) is 9.17. The maximum Gasteiger partial charge on any atom is 0.262 e. The van der Waals surface area contributed by atoms with Crippen molar-refractivity contribution in [1.82, 2.24) is 14.5 Å². The summed E-state index contributed by atoms with van der Waals surface area (Å²) < 4.78 is 7.91. The first-order chi connectivity index (χ1) is 16.5. The highest BCUT2D eigenvalue weighted by Crippen LogP contribution is 2.33. The number of aromatic nitrogens is 3. The second-order valence-electron chi connectivity index (χ2n) is 7.50. The Morgan fingerprint density at radius 1 is 1.15 bits per heavy atom. The molecule has 0 aliphatic heterocycles. The van der Waals surface area contributed by atoms with E-state index in [9.17, 15) is 15.2 Å². The summed E-state index contributed by atoms with van der Waals surface area (Å²) in [6.45, 7) is 1.97. The highest BCUT2D eigenvalue weighted by Gasteiger charge is 2.22. The zero-order chi connectivity index (χ0) is 23.7. The number of hydrogen-bond donors (Lipinski definition) is 1. The first-order valence-corrected chi connectivity index (χ1v) is 12.1. The van der Waals surface area contributed by atoms with Gasteiger partial charge in [-0.1, -0.05) is 36.0 Å². The van der Waals surface area contributed by atoms with Crippen molar-refractivity contribution in [3.05, 3.63) is 93.8 Å². The minimum atomic E-state index is -0.558. The summed E-state index contributed by atoms with van der Waals surface area (Å²) in [6.07, 6.45) is 1.55. The van der Waals surface area contributed by atoms with Gasteiger partial charge in [-0.15, -0.1) is 11.3 Å². The SMILES string of the molecule is CC(Sc1nc2ccccc2c(=O)n1Cc1ccco1)/C(O)=C(\C#N)c1nc2ccccc2s1. The third-order valence-electron chi connectivity index (χ3n) is 5.26. The van der Waals surface area contributed by atoms with Crippen LogP contribution in [0.1, 0.15) is 17.7 Å². The van der Waals surface area contributed by atoms with E-state index in [1.54, 1.807) is 43.5 Å². The molecule has 0 fully saturated rings. The van der Waals surface area contributed by atoms with Gasteiger partial charge in [0.25, 0.3) is 5.56 Å².